The SMILES string of the molecule is O=C(CCC(=O)N1CCC(c2ccccc2)=N1)Nc1ccc(-c2nc3ccccc3s2)cc1. The highest BCUT2D eigenvalue weighted by molar-refractivity contribution is 7.21. The zero-order chi connectivity index (χ0) is 22.6. The van der Waals surface area contributed by atoms with Gasteiger partial charge in [0.1, 0.15) is 5.01 Å². The van der Waals surface area contributed by atoms with Crippen molar-refractivity contribution in [2.24, 2.45) is 5.10 Å². The quantitative estimate of drug-likeness (QED) is 0.429. The fourth-order valence-electron chi connectivity index (χ4n) is 3.74. The number of nitrogens with one attached hydrogen (secondary N) is 1. The Bertz CT molecular complexity index is 1300. The van der Waals surface area contributed by atoms with Crippen molar-refractivity contribution in [3.05, 3.63) is 84.4 Å². The van der Waals surface area contributed by atoms with Crippen LogP contribution in [0.3, 0.4) is 0 Å². The number of rotatable bonds is 6. The fraction of sp³-hybridized carbons (Fsp3) is 0.154. The highest BCUT2D eigenvalue weighted by Crippen LogP contribution is 2.30. The van der Waals surface area contributed by atoms with Crippen LogP contribution in [0.2, 0.25) is 0 Å². The van der Waals surface area contributed by atoms with Crippen molar-refractivity contribution < 1.29 is 9.59 Å². The molecule has 0 radical (unpaired) electrons. The number of carbonyl (C=O) groups excluding carboxylic acids is 2. The number of amides is 2. The van der Waals surface area contributed by atoms with E-state index in [4.69, 9.17) is 0 Å². The van der Waals surface area contributed by atoms with Gasteiger partial charge in [0.2, 0.25) is 11.8 Å². The lowest BCUT2D eigenvalue weighted by Crippen LogP contribution is -2.24. The lowest BCUT2D eigenvalue weighted by molar-refractivity contribution is -0.132. The van der Waals surface area contributed by atoms with E-state index in [2.05, 4.69) is 21.5 Å². The molecule has 0 spiro atoms. The number of para-hydroxylation sites is 1. The zero-order valence-corrected chi connectivity index (χ0v) is 18.7. The number of hydrogen-bond donors (Lipinski definition) is 1. The van der Waals surface area contributed by atoms with Crippen LogP contribution in [-0.2, 0) is 9.59 Å². The Morgan fingerprint density at radius 1 is 0.879 bits per heavy atom. The summed E-state index contributed by atoms with van der Waals surface area (Å²) >= 11 is 1.64. The van der Waals surface area contributed by atoms with E-state index < -0.39 is 0 Å². The summed E-state index contributed by atoms with van der Waals surface area (Å²) in [5.74, 6) is -0.329. The second-order valence-corrected chi connectivity index (χ2v) is 8.82. The largest absolute Gasteiger partial charge is 0.326 e. The summed E-state index contributed by atoms with van der Waals surface area (Å²) in [5, 5.41) is 9.72. The number of fused-ring (bicyclic) bond motifs is 1. The van der Waals surface area contributed by atoms with Gasteiger partial charge in [-0.1, -0.05) is 42.5 Å². The van der Waals surface area contributed by atoms with E-state index in [1.807, 2.05) is 72.8 Å². The van der Waals surface area contributed by atoms with Gasteiger partial charge >= 0.3 is 0 Å². The Labute approximate surface area is 195 Å². The first-order chi connectivity index (χ1) is 16.2. The topological polar surface area (TPSA) is 74.7 Å². The minimum atomic E-state index is -0.192. The maximum Gasteiger partial charge on any atom is 0.243 e. The highest BCUT2D eigenvalue weighted by Gasteiger charge is 2.22. The third-order valence-corrected chi connectivity index (χ3v) is 6.56. The molecule has 3 aromatic carbocycles. The van der Waals surface area contributed by atoms with Crippen molar-refractivity contribution in [3.8, 4) is 10.6 Å². The van der Waals surface area contributed by atoms with Crippen molar-refractivity contribution >= 4 is 44.8 Å². The van der Waals surface area contributed by atoms with Gasteiger partial charge in [0.25, 0.3) is 0 Å². The summed E-state index contributed by atoms with van der Waals surface area (Å²) in [6, 6.07) is 25.5. The molecule has 1 aliphatic heterocycles. The summed E-state index contributed by atoms with van der Waals surface area (Å²) in [6.07, 6.45) is 0.968. The molecule has 0 atom stereocenters. The van der Waals surface area contributed by atoms with Crippen molar-refractivity contribution in [3.63, 3.8) is 0 Å². The van der Waals surface area contributed by atoms with Gasteiger partial charge in [0.05, 0.1) is 22.5 Å². The number of carbonyl (C=O) groups is 2. The summed E-state index contributed by atoms with van der Waals surface area (Å²) in [6.45, 7) is 0.553. The zero-order valence-electron chi connectivity index (χ0n) is 17.9. The number of anilines is 1. The van der Waals surface area contributed by atoms with Crippen LogP contribution >= 0.6 is 11.3 Å². The molecule has 164 valence electrons. The van der Waals surface area contributed by atoms with E-state index in [-0.39, 0.29) is 24.7 Å². The van der Waals surface area contributed by atoms with Crippen molar-refractivity contribution in [1.82, 2.24) is 9.99 Å². The molecule has 0 fully saturated rings. The number of hydrazone groups is 1. The second-order valence-electron chi connectivity index (χ2n) is 7.79. The van der Waals surface area contributed by atoms with E-state index in [1.54, 1.807) is 11.3 Å². The molecule has 1 N–H and O–H groups in total. The summed E-state index contributed by atoms with van der Waals surface area (Å²) in [7, 11) is 0. The average molecular weight is 455 g/mol. The van der Waals surface area contributed by atoms with E-state index in [0.29, 0.717) is 12.2 Å². The summed E-state index contributed by atoms with van der Waals surface area (Å²) < 4.78 is 1.15. The normalized spacial score (nSPS) is 13.2. The van der Waals surface area contributed by atoms with Crippen LogP contribution in [0.15, 0.2) is 84.0 Å². The fourth-order valence-corrected chi connectivity index (χ4v) is 4.71. The van der Waals surface area contributed by atoms with Gasteiger partial charge < -0.3 is 5.32 Å². The minimum Gasteiger partial charge on any atom is -0.326 e. The third kappa shape index (κ3) is 4.83. The number of thiazole rings is 1. The van der Waals surface area contributed by atoms with Crippen LogP contribution in [0.4, 0.5) is 5.69 Å². The van der Waals surface area contributed by atoms with Crippen molar-refractivity contribution in [2.75, 3.05) is 11.9 Å². The molecular weight excluding hydrogens is 432 g/mol. The molecule has 1 aromatic heterocycles. The third-order valence-electron chi connectivity index (χ3n) is 5.47. The molecule has 0 saturated heterocycles. The molecule has 5 rings (SSSR count). The van der Waals surface area contributed by atoms with Crippen molar-refractivity contribution in [1.29, 1.82) is 0 Å². The van der Waals surface area contributed by atoms with Gasteiger partial charge in [-0.2, -0.15) is 5.10 Å². The van der Waals surface area contributed by atoms with Gasteiger partial charge in [-0.3, -0.25) is 9.59 Å². The smallest absolute Gasteiger partial charge is 0.243 e. The van der Waals surface area contributed by atoms with Gasteiger partial charge in [-0.05, 0) is 42.0 Å². The average Bonchev–Trinajstić information content (AvgIpc) is 3.51. The first-order valence-corrected chi connectivity index (χ1v) is 11.7. The molecule has 0 saturated carbocycles. The maximum atomic E-state index is 12.5. The lowest BCUT2D eigenvalue weighted by atomic mass is 10.1. The molecule has 33 heavy (non-hydrogen) atoms. The Balaban J connectivity index is 1.14. The van der Waals surface area contributed by atoms with Crippen LogP contribution < -0.4 is 5.32 Å². The van der Waals surface area contributed by atoms with Gasteiger partial charge in [-0.15, -0.1) is 11.3 Å². The number of nitrogens with zero attached hydrogens (tertiary/aromatic N) is 3. The monoisotopic (exact) mass is 454 g/mol. The second kappa shape index (κ2) is 9.34. The lowest BCUT2D eigenvalue weighted by Gasteiger charge is -2.11. The van der Waals surface area contributed by atoms with Crippen LogP contribution in [-0.4, -0.2) is 34.1 Å². The molecule has 1 aliphatic rings. The van der Waals surface area contributed by atoms with Gasteiger partial charge in [0.15, 0.2) is 0 Å². The number of hydrogen-bond acceptors (Lipinski definition) is 5. The van der Waals surface area contributed by atoms with E-state index in [1.165, 1.54) is 5.01 Å². The predicted octanol–water partition coefficient (Wildman–Crippen LogP) is 5.32. The molecule has 0 unspecified atom stereocenters. The van der Waals surface area contributed by atoms with Gasteiger partial charge in [0, 0.05) is 30.5 Å². The van der Waals surface area contributed by atoms with Crippen molar-refractivity contribution in [2.45, 2.75) is 19.3 Å². The standard InChI is InChI=1S/C26H22N4O2S/c31-24(14-15-25(32)30-17-16-21(29-30)18-6-2-1-3-7-18)27-20-12-10-19(11-13-20)26-28-22-8-4-5-9-23(22)33-26/h1-13H,14-17H2,(H,27,31). The predicted molar refractivity (Wildman–Crippen MR) is 132 cm³/mol. The summed E-state index contributed by atoms with van der Waals surface area (Å²) in [4.78, 5) is 29.5. The summed E-state index contributed by atoms with van der Waals surface area (Å²) in [5.41, 5.74) is 4.62. The molecule has 7 heteroatoms. The van der Waals surface area contributed by atoms with Crippen LogP contribution in [0, 0.1) is 0 Å². The maximum absolute atomic E-state index is 12.5. The first-order valence-electron chi connectivity index (χ1n) is 10.8. The molecular formula is C26H22N4O2S. The molecule has 2 amide bonds. The van der Waals surface area contributed by atoms with E-state index in [9.17, 15) is 9.59 Å². The Morgan fingerprint density at radius 3 is 2.42 bits per heavy atom. The highest BCUT2D eigenvalue weighted by atomic mass is 32.1. The van der Waals surface area contributed by atoms with Gasteiger partial charge in [-0.25, -0.2) is 9.99 Å². The molecule has 6 nitrogen and oxygen atoms in total. The molecule has 0 aliphatic carbocycles. The Morgan fingerprint density at radius 2 is 1.64 bits per heavy atom. The van der Waals surface area contributed by atoms with Crippen LogP contribution in [0.1, 0.15) is 24.8 Å². The number of benzene rings is 3. The first kappa shape index (κ1) is 21.0. The molecule has 0 bridgehead atoms. The minimum absolute atomic E-state index is 0.116. The number of aromatic nitrogens is 1. The Hall–Kier alpha value is -3.84. The van der Waals surface area contributed by atoms with E-state index in [0.717, 1.165) is 38.5 Å². The molecule has 2 heterocycles. The van der Waals surface area contributed by atoms with E-state index >= 15 is 0 Å². The molecule has 4 aromatic rings. The Kier molecular flexibility index (Phi) is 5.95. The van der Waals surface area contributed by atoms with Crippen LogP contribution in [0.5, 0.6) is 0 Å². The van der Waals surface area contributed by atoms with Crippen LogP contribution in [0.25, 0.3) is 20.8 Å².